The Morgan fingerprint density at radius 3 is 2.74 bits per heavy atom. The second-order valence-corrected chi connectivity index (χ2v) is 5.33. The van der Waals surface area contributed by atoms with Crippen LogP contribution in [0.15, 0.2) is 35.2 Å². The summed E-state index contributed by atoms with van der Waals surface area (Å²) in [6, 6.07) is 9.56. The van der Waals surface area contributed by atoms with Crippen LogP contribution >= 0.6 is 0 Å². The standard InChI is InChI=1S/C15H19N3O/c1-11-2-4-12(5-3-11)13-8-14(9-13)16-7-6-15-17-10-19-18-15/h2-5,10,13-14,16H,6-9H2,1H3. The molecule has 0 atom stereocenters. The third-order valence-electron chi connectivity index (χ3n) is 3.88. The second kappa shape index (κ2) is 5.53. The van der Waals surface area contributed by atoms with Gasteiger partial charge in [0.1, 0.15) is 0 Å². The van der Waals surface area contributed by atoms with Crippen LogP contribution in [0.25, 0.3) is 0 Å². The fourth-order valence-corrected chi connectivity index (χ4v) is 2.59. The summed E-state index contributed by atoms with van der Waals surface area (Å²) in [7, 11) is 0. The van der Waals surface area contributed by atoms with Crippen molar-refractivity contribution in [3.63, 3.8) is 0 Å². The monoisotopic (exact) mass is 257 g/mol. The first-order valence-electron chi connectivity index (χ1n) is 6.86. The summed E-state index contributed by atoms with van der Waals surface area (Å²) in [5, 5.41) is 7.35. The van der Waals surface area contributed by atoms with Gasteiger partial charge in [-0.15, -0.1) is 0 Å². The molecule has 1 aliphatic carbocycles. The number of nitrogens with one attached hydrogen (secondary N) is 1. The van der Waals surface area contributed by atoms with Crippen molar-refractivity contribution in [1.29, 1.82) is 0 Å². The molecular formula is C15H19N3O. The van der Waals surface area contributed by atoms with E-state index in [1.54, 1.807) is 0 Å². The van der Waals surface area contributed by atoms with E-state index in [0.29, 0.717) is 6.04 Å². The summed E-state index contributed by atoms with van der Waals surface area (Å²) in [4.78, 5) is 4.01. The molecule has 3 rings (SSSR count). The van der Waals surface area contributed by atoms with E-state index in [-0.39, 0.29) is 0 Å². The molecule has 1 N–H and O–H groups in total. The van der Waals surface area contributed by atoms with Crippen molar-refractivity contribution in [2.45, 2.75) is 38.1 Å². The Bertz CT molecular complexity index is 501. The molecule has 1 aliphatic rings. The van der Waals surface area contributed by atoms with Gasteiger partial charge in [-0.05, 0) is 31.2 Å². The summed E-state index contributed by atoms with van der Waals surface area (Å²) in [5.41, 5.74) is 2.81. The first kappa shape index (κ1) is 12.4. The van der Waals surface area contributed by atoms with Crippen molar-refractivity contribution < 1.29 is 4.52 Å². The van der Waals surface area contributed by atoms with E-state index in [4.69, 9.17) is 4.52 Å². The molecule has 0 saturated heterocycles. The van der Waals surface area contributed by atoms with Gasteiger partial charge in [-0.25, -0.2) is 0 Å². The molecule has 4 nitrogen and oxygen atoms in total. The van der Waals surface area contributed by atoms with E-state index in [1.165, 1.54) is 30.4 Å². The maximum atomic E-state index is 4.71. The SMILES string of the molecule is Cc1ccc(C2CC(NCCc3ncon3)C2)cc1. The van der Waals surface area contributed by atoms with Crippen LogP contribution in [0.3, 0.4) is 0 Å². The Morgan fingerprint density at radius 1 is 1.26 bits per heavy atom. The quantitative estimate of drug-likeness (QED) is 0.894. The van der Waals surface area contributed by atoms with Gasteiger partial charge in [0.15, 0.2) is 5.82 Å². The molecule has 1 aromatic carbocycles. The fraction of sp³-hybridized carbons (Fsp3) is 0.467. The van der Waals surface area contributed by atoms with Gasteiger partial charge in [0, 0.05) is 19.0 Å². The highest BCUT2D eigenvalue weighted by molar-refractivity contribution is 5.26. The molecule has 1 saturated carbocycles. The lowest BCUT2D eigenvalue weighted by atomic mass is 9.76. The number of rotatable bonds is 5. The van der Waals surface area contributed by atoms with Gasteiger partial charge in [-0.2, -0.15) is 4.98 Å². The number of nitrogens with zero attached hydrogens (tertiary/aromatic N) is 2. The molecule has 0 unspecified atom stereocenters. The van der Waals surface area contributed by atoms with E-state index < -0.39 is 0 Å². The maximum Gasteiger partial charge on any atom is 0.213 e. The summed E-state index contributed by atoms with van der Waals surface area (Å²) in [6.45, 7) is 3.05. The highest BCUT2D eigenvalue weighted by Gasteiger charge is 2.29. The van der Waals surface area contributed by atoms with E-state index in [1.807, 2.05) is 0 Å². The van der Waals surface area contributed by atoms with Crippen LogP contribution in [0.4, 0.5) is 0 Å². The fourth-order valence-electron chi connectivity index (χ4n) is 2.59. The largest absolute Gasteiger partial charge is 0.343 e. The predicted octanol–water partition coefficient (Wildman–Crippen LogP) is 2.46. The van der Waals surface area contributed by atoms with Crippen molar-refractivity contribution in [2.75, 3.05) is 6.54 Å². The number of aromatic nitrogens is 2. The molecule has 0 bridgehead atoms. The molecule has 0 amide bonds. The van der Waals surface area contributed by atoms with Crippen LogP contribution in [-0.2, 0) is 6.42 Å². The summed E-state index contributed by atoms with van der Waals surface area (Å²) >= 11 is 0. The number of aryl methyl sites for hydroxylation is 1. The maximum absolute atomic E-state index is 4.71. The first-order chi connectivity index (χ1) is 9.31. The van der Waals surface area contributed by atoms with Gasteiger partial charge in [0.25, 0.3) is 0 Å². The Labute approximate surface area is 113 Å². The Kier molecular flexibility index (Phi) is 3.60. The molecular weight excluding hydrogens is 238 g/mol. The lowest BCUT2D eigenvalue weighted by Gasteiger charge is -2.36. The van der Waals surface area contributed by atoms with Crippen molar-refractivity contribution in [2.24, 2.45) is 0 Å². The minimum Gasteiger partial charge on any atom is -0.343 e. The molecule has 19 heavy (non-hydrogen) atoms. The van der Waals surface area contributed by atoms with Crippen molar-refractivity contribution in [3.8, 4) is 0 Å². The topological polar surface area (TPSA) is 51.0 Å². The van der Waals surface area contributed by atoms with Crippen LogP contribution < -0.4 is 5.32 Å². The van der Waals surface area contributed by atoms with Crippen LogP contribution in [0, 0.1) is 6.92 Å². The molecule has 0 aliphatic heterocycles. The zero-order chi connectivity index (χ0) is 13.1. The van der Waals surface area contributed by atoms with Crippen molar-refractivity contribution in [1.82, 2.24) is 15.5 Å². The first-order valence-corrected chi connectivity index (χ1v) is 6.86. The Balaban J connectivity index is 1.39. The van der Waals surface area contributed by atoms with Gasteiger partial charge in [-0.3, -0.25) is 0 Å². The van der Waals surface area contributed by atoms with Gasteiger partial charge in [0.05, 0.1) is 0 Å². The summed E-state index contributed by atoms with van der Waals surface area (Å²) in [6.07, 6.45) is 4.68. The Morgan fingerprint density at radius 2 is 2.05 bits per heavy atom. The third kappa shape index (κ3) is 3.01. The van der Waals surface area contributed by atoms with E-state index in [2.05, 4.69) is 46.6 Å². The van der Waals surface area contributed by atoms with E-state index in [0.717, 1.165) is 24.7 Å². The van der Waals surface area contributed by atoms with Gasteiger partial charge in [0.2, 0.25) is 6.39 Å². The van der Waals surface area contributed by atoms with E-state index in [9.17, 15) is 0 Å². The molecule has 2 aromatic rings. The molecule has 1 fully saturated rings. The number of benzene rings is 1. The normalized spacial score (nSPS) is 22.2. The highest BCUT2D eigenvalue weighted by Crippen LogP contribution is 2.36. The highest BCUT2D eigenvalue weighted by atomic mass is 16.5. The zero-order valence-corrected chi connectivity index (χ0v) is 11.2. The lowest BCUT2D eigenvalue weighted by molar-refractivity contribution is 0.291. The predicted molar refractivity (Wildman–Crippen MR) is 72.9 cm³/mol. The van der Waals surface area contributed by atoms with Crippen LogP contribution in [-0.4, -0.2) is 22.7 Å². The average molecular weight is 257 g/mol. The van der Waals surface area contributed by atoms with Crippen molar-refractivity contribution in [3.05, 3.63) is 47.6 Å². The van der Waals surface area contributed by atoms with Crippen molar-refractivity contribution >= 4 is 0 Å². The summed E-state index contributed by atoms with van der Waals surface area (Å²) in [5.74, 6) is 1.50. The zero-order valence-electron chi connectivity index (χ0n) is 11.2. The lowest BCUT2D eigenvalue weighted by Crippen LogP contribution is -2.41. The minimum atomic E-state index is 0.637. The molecule has 4 heteroatoms. The Hall–Kier alpha value is -1.68. The second-order valence-electron chi connectivity index (χ2n) is 5.33. The van der Waals surface area contributed by atoms with E-state index >= 15 is 0 Å². The van der Waals surface area contributed by atoms with Gasteiger partial charge >= 0.3 is 0 Å². The molecule has 1 heterocycles. The number of hydrogen-bond donors (Lipinski definition) is 1. The summed E-state index contributed by atoms with van der Waals surface area (Å²) < 4.78 is 4.71. The number of hydrogen-bond acceptors (Lipinski definition) is 4. The van der Waals surface area contributed by atoms with Gasteiger partial charge < -0.3 is 9.84 Å². The molecule has 1 aromatic heterocycles. The third-order valence-corrected chi connectivity index (χ3v) is 3.88. The molecule has 100 valence electrons. The average Bonchev–Trinajstić information content (AvgIpc) is 2.87. The molecule has 0 spiro atoms. The van der Waals surface area contributed by atoms with Crippen LogP contribution in [0.5, 0.6) is 0 Å². The van der Waals surface area contributed by atoms with Crippen LogP contribution in [0.2, 0.25) is 0 Å². The minimum absolute atomic E-state index is 0.637. The smallest absolute Gasteiger partial charge is 0.213 e. The van der Waals surface area contributed by atoms with Crippen LogP contribution in [0.1, 0.15) is 35.7 Å². The molecule has 0 radical (unpaired) electrons. The van der Waals surface area contributed by atoms with Gasteiger partial charge in [-0.1, -0.05) is 35.0 Å².